The summed E-state index contributed by atoms with van der Waals surface area (Å²) in [5.41, 5.74) is 0. The zero-order valence-electron chi connectivity index (χ0n) is 61.6. The molecule has 0 aromatic carbocycles. The first-order chi connectivity index (χ1) is 45.1. The fraction of sp³-hybridized carbons (Fsp3) is 0.947. The summed E-state index contributed by atoms with van der Waals surface area (Å²) >= 11 is 0. The van der Waals surface area contributed by atoms with E-state index in [4.69, 9.17) is 37.0 Å². The number of phosphoric acid groups is 2. The first kappa shape index (κ1) is 92.1. The van der Waals surface area contributed by atoms with Crippen LogP contribution >= 0.6 is 15.6 Å². The summed E-state index contributed by atoms with van der Waals surface area (Å²) in [6.07, 6.45) is 48.4. The largest absolute Gasteiger partial charge is 0.472 e. The number of rotatable bonds is 72. The number of phosphoric ester groups is 2. The number of carbonyl (C=O) groups excluding carboxylic acids is 4. The Morgan fingerprint density at radius 3 is 0.755 bits per heavy atom. The van der Waals surface area contributed by atoms with Crippen molar-refractivity contribution in [2.45, 2.75) is 395 Å². The molecule has 0 saturated carbocycles. The Hall–Kier alpha value is -1.94. The molecule has 94 heavy (non-hydrogen) atoms. The number of unbranched alkanes of at least 4 members (excludes halogenated alkanes) is 37. The van der Waals surface area contributed by atoms with E-state index >= 15 is 0 Å². The summed E-state index contributed by atoms with van der Waals surface area (Å²) in [4.78, 5) is 72.8. The Bertz CT molecular complexity index is 1850. The number of ether oxygens (including phenoxy) is 4. The van der Waals surface area contributed by atoms with Crippen LogP contribution in [0.4, 0.5) is 0 Å². The molecule has 0 bridgehead atoms. The van der Waals surface area contributed by atoms with Gasteiger partial charge in [0.1, 0.15) is 19.3 Å². The highest BCUT2D eigenvalue weighted by atomic mass is 31.2. The van der Waals surface area contributed by atoms with Crippen LogP contribution in [0, 0.1) is 23.7 Å². The molecule has 0 aliphatic carbocycles. The van der Waals surface area contributed by atoms with Crippen molar-refractivity contribution < 1.29 is 80.2 Å². The van der Waals surface area contributed by atoms with Gasteiger partial charge in [-0.3, -0.25) is 37.3 Å². The third kappa shape index (κ3) is 67.3. The maximum absolute atomic E-state index is 13.1. The van der Waals surface area contributed by atoms with Crippen LogP contribution in [0.5, 0.6) is 0 Å². The van der Waals surface area contributed by atoms with Crippen molar-refractivity contribution >= 4 is 39.5 Å². The fourth-order valence-corrected chi connectivity index (χ4v) is 12.9. The first-order valence-electron chi connectivity index (χ1n) is 38.7. The molecule has 0 aromatic heterocycles. The van der Waals surface area contributed by atoms with Gasteiger partial charge in [-0.25, -0.2) is 9.13 Å². The number of aliphatic hydroxyl groups excluding tert-OH is 1. The second-order valence-electron chi connectivity index (χ2n) is 28.7. The van der Waals surface area contributed by atoms with Gasteiger partial charge in [0, 0.05) is 25.7 Å². The molecule has 6 atom stereocenters. The quantitative estimate of drug-likeness (QED) is 0.0222. The van der Waals surface area contributed by atoms with Gasteiger partial charge in [0.15, 0.2) is 12.2 Å². The van der Waals surface area contributed by atoms with Crippen molar-refractivity contribution in [2.75, 3.05) is 39.6 Å². The molecule has 0 fully saturated rings. The molecule has 0 saturated heterocycles. The molecule has 0 radical (unpaired) electrons. The van der Waals surface area contributed by atoms with Gasteiger partial charge in [0.2, 0.25) is 0 Å². The van der Waals surface area contributed by atoms with E-state index in [-0.39, 0.29) is 25.7 Å². The highest BCUT2D eigenvalue weighted by Crippen LogP contribution is 2.45. The number of aliphatic hydroxyl groups is 1. The van der Waals surface area contributed by atoms with E-state index in [1.54, 1.807) is 0 Å². The van der Waals surface area contributed by atoms with Crippen molar-refractivity contribution in [3.63, 3.8) is 0 Å². The van der Waals surface area contributed by atoms with E-state index in [0.29, 0.717) is 25.7 Å². The monoisotopic (exact) mass is 1380 g/mol. The standard InChI is InChI=1S/C75H146O17P2/c1-9-68(8)54-46-38-30-22-15-18-24-32-40-48-56-73(78)86-61-70(91-74(79)57-49-41-33-25-12-10-11-19-27-35-43-51-65(2)3)63-89-93(81,82)87-59-69(76)60-88-94(83,84)90-64-71(92-75(80)58-50-42-34-26-17-14-21-29-37-45-53-67(6)7)62-85-72(77)55-47-39-31-23-16-13-20-28-36-44-52-66(4)5/h65-71,76H,9-64H2,1-8H3,(H,81,82)(H,83,84)/t68?,69-,70-,71-/m1/s1. The zero-order valence-corrected chi connectivity index (χ0v) is 63.4. The minimum absolute atomic E-state index is 0.105. The molecule has 0 spiro atoms. The topological polar surface area (TPSA) is 237 Å². The average Bonchev–Trinajstić information content (AvgIpc) is 1.46. The Balaban J connectivity index is 5.28. The molecular weight excluding hydrogens is 1230 g/mol. The SMILES string of the molecule is CCC(C)CCCCCCCCCCCCC(=O)OC[C@H](COP(=O)(O)OC[C@@H](O)COP(=O)(O)OC[C@@H](COC(=O)CCCCCCCCCCCCC(C)C)OC(=O)CCCCCCCCCCCCC(C)C)OC(=O)CCCCCCCCCCCCCC(C)C. The second-order valence-corrected chi connectivity index (χ2v) is 31.6. The maximum Gasteiger partial charge on any atom is 0.472 e. The van der Waals surface area contributed by atoms with E-state index in [0.717, 1.165) is 114 Å². The van der Waals surface area contributed by atoms with Crippen LogP contribution in [0.15, 0.2) is 0 Å². The van der Waals surface area contributed by atoms with Gasteiger partial charge in [-0.1, -0.05) is 325 Å². The highest BCUT2D eigenvalue weighted by Gasteiger charge is 2.30. The van der Waals surface area contributed by atoms with Crippen LogP contribution in [0.25, 0.3) is 0 Å². The average molecular weight is 1380 g/mol. The van der Waals surface area contributed by atoms with E-state index in [1.807, 2.05) is 0 Å². The van der Waals surface area contributed by atoms with Crippen molar-refractivity contribution in [3.8, 4) is 0 Å². The lowest BCUT2D eigenvalue weighted by Crippen LogP contribution is -2.30. The molecule has 0 aromatic rings. The lowest BCUT2D eigenvalue weighted by atomic mass is 9.99. The normalized spacial score (nSPS) is 14.4. The van der Waals surface area contributed by atoms with Crippen molar-refractivity contribution in [1.29, 1.82) is 0 Å². The minimum Gasteiger partial charge on any atom is -0.462 e. The van der Waals surface area contributed by atoms with E-state index in [1.165, 1.54) is 180 Å². The molecule has 17 nitrogen and oxygen atoms in total. The summed E-state index contributed by atoms with van der Waals surface area (Å²) in [6.45, 7) is 14.2. The van der Waals surface area contributed by atoms with Gasteiger partial charge in [-0.05, 0) is 49.4 Å². The molecule has 558 valence electrons. The molecule has 0 heterocycles. The lowest BCUT2D eigenvalue weighted by molar-refractivity contribution is -0.161. The van der Waals surface area contributed by atoms with Crippen LogP contribution in [0.1, 0.15) is 376 Å². The van der Waals surface area contributed by atoms with E-state index in [9.17, 15) is 43.2 Å². The van der Waals surface area contributed by atoms with Crippen LogP contribution in [-0.4, -0.2) is 96.7 Å². The molecule has 0 amide bonds. The molecule has 0 rings (SSSR count). The first-order valence-corrected chi connectivity index (χ1v) is 41.7. The fourth-order valence-electron chi connectivity index (χ4n) is 11.3. The van der Waals surface area contributed by atoms with Gasteiger partial charge in [-0.2, -0.15) is 0 Å². The molecule has 19 heteroatoms. The van der Waals surface area contributed by atoms with Crippen LogP contribution in [0.3, 0.4) is 0 Å². The molecular formula is C75H146O17P2. The summed E-state index contributed by atoms with van der Waals surface area (Å²) in [6, 6.07) is 0. The molecule has 0 aliphatic rings. The Morgan fingerprint density at radius 1 is 0.298 bits per heavy atom. The Kier molecular flexibility index (Phi) is 63.1. The van der Waals surface area contributed by atoms with Gasteiger partial charge in [0.25, 0.3) is 0 Å². The lowest BCUT2D eigenvalue weighted by Gasteiger charge is -2.21. The third-order valence-corrected chi connectivity index (χ3v) is 19.6. The van der Waals surface area contributed by atoms with Gasteiger partial charge in [0.05, 0.1) is 26.4 Å². The predicted octanol–water partition coefficient (Wildman–Crippen LogP) is 21.7. The van der Waals surface area contributed by atoms with Gasteiger partial charge < -0.3 is 33.8 Å². The highest BCUT2D eigenvalue weighted by molar-refractivity contribution is 7.47. The zero-order chi connectivity index (χ0) is 69.6. The van der Waals surface area contributed by atoms with Crippen LogP contribution in [0.2, 0.25) is 0 Å². The second kappa shape index (κ2) is 64.4. The Morgan fingerprint density at radius 2 is 0.511 bits per heavy atom. The summed E-state index contributed by atoms with van der Waals surface area (Å²) in [5, 5.41) is 10.6. The van der Waals surface area contributed by atoms with E-state index in [2.05, 4.69) is 55.4 Å². The number of esters is 4. The maximum atomic E-state index is 13.1. The molecule has 0 aliphatic heterocycles. The van der Waals surface area contributed by atoms with Gasteiger partial charge in [-0.15, -0.1) is 0 Å². The minimum atomic E-state index is -4.96. The molecule has 3 unspecified atom stereocenters. The number of hydrogen-bond acceptors (Lipinski definition) is 15. The predicted molar refractivity (Wildman–Crippen MR) is 381 cm³/mol. The number of carbonyl (C=O) groups is 4. The summed E-state index contributed by atoms with van der Waals surface area (Å²) in [5.74, 6) is 0.964. The van der Waals surface area contributed by atoms with Crippen molar-refractivity contribution in [1.82, 2.24) is 0 Å². The van der Waals surface area contributed by atoms with Crippen LogP contribution in [-0.2, 0) is 65.4 Å². The van der Waals surface area contributed by atoms with Crippen molar-refractivity contribution in [3.05, 3.63) is 0 Å². The molecule has 3 N–H and O–H groups in total. The smallest absolute Gasteiger partial charge is 0.462 e. The van der Waals surface area contributed by atoms with Crippen LogP contribution < -0.4 is 0 Å². The van der Waals surface area contributed by atoms with Gasteiger partial charge >= 0.3 is 39.5 Å². The number of hydrogen-bond donors (Lipinski definition) is 3. The Labute approximate surface area is 575 Å². The van der Waals surface area contributed by atoms with E-state index < -0.39 is 97.5 Å². The summed E-state index contributed by atoms with van der Waals surface area (Å²) in [7, 11) is -9.91. The third-order valence-electron chi connectivity index (χ3n) is 17.7. The summed E-state index contributed by atoms with van der Waals surface area (Å²) < 4.78 is 68.5. The van der Waals surface area contributed by atoms with Crippen molar-refractivity contribution in [2.24, 2.45) is 23.7 Å².